The van der Waals surface area contributed by atoms with E-state index in [0.29, 0.717) is 12.0 Å². The number of halogens is 3. The van der Waals surface area contributed by atoms with E-state index in [1.807, 2.05) is 19.9 Å². The van der Waals surface area contributed by atoms with Crippen molar-refractivity contribution in [2.75, 3.05) is 0 Å². The zero-order valence-corrected chi connectivity index (χ0v) is 18.0. The highest BCUT2D eigenvalue weighted by Gasteiger charge is 2.20. The van der Waals surface area contributed by atoms with Gasteiger partial charge in [-0.05, 0) is 60.6 Å². The normalized spacial score (nSPS) is 14.0. The second kappa shape index (κ2) is 10.1. The zero-order valence-electron chi connectivity index (χ0n) is 17.3. The molecule has 1 N–H and O–H groups in total. The van der Waals surface area contributed by atoms with Crippen LogP contribution in [0.5, 0.6) is 0 Å². The van der Waals surface area contributed by atoms with E-state index in [4.69, 9.17) is 11.6 Å². The molecule has 28 heavy (non-hydrogen) atoms. The number of hydrogen-bond donors (Lipinski definition) is 1. The molecule has 0 amide bonds. The second-order valence-electron chi connectivity index (χ2n) is 7.22. The molecule has 0 saturated heterocycles. The minimum absolute atomic E-state index is 0.0588. The number of fused-ring (bicyclic) bond motifs is 1. The Bertz CT molecular complexity index is 905. The lowest BCUT2D eigenvalue weighted by atomic mass is 9.90. The highest BCUT2D eigenvalue weighted by Crippen LogP contribution is 2.36. The summed E-state index contributed by atoms with van der Waals surface area (Å²) in [5.74, 6) is -0.781. The van der Waals surface area contributed by atoms with Crippen molar-refractivity contribution in [3.8, 4) is 0 Å². The number of aromatic amines is 1. The summed E-state index contributed by atoms with van der Waals surface area (Å²) in [6.07, 6.45) is 7.93. The highest BCUT2D eigenvalue weighted by atomic mass is 35.5. The summed E-state index contributed by atoms with van der Waals surface area (Å²) in [5, 5.41) is 1.07. The van der Waals surface area contributed by atoms with Crippen LogP contribution in [0.3, 0.4) is 0 Å². The molecule has 1 atom stereocenters. The Morgan fingerprint density at radius 3 is 2.61 bits per heavy atom. The number of aryl methyl sites for hydroxylation is 1. The summed E-state index contributed by atoms with van der Waals surface area (Å²) >= 11 is 6.05. The lowest BCUT2D eigenvalue weighted by Gasteiger charge is -2.16. The third-order valence-electron chi connectivity index (χ3n) is 5.19. The molecule has 1 nitrogen and oxygen atoms in total. The molecule has 4 heteroatoms. The molecule has 0 aliphatic heterocycles. The first kappa shape index (κ1) is 22.4. The molecule has 1 aromatic heterocycles. The Labute approximate surface area is 172 Å². The lowest BCUT2D eigenvalue weighted by molar-refractivity contribution is 0.630. The van der Waals surface area contributed by atoms with E-state index in [9.17, 15) is 8.78 Å². The van der Waals surface area contributed by atoms with E-state index in [1.54, 1.807) is 12.1 Å². The fourth-order valence-corrected chi connectivity index (χ4v) is 3.60. The van der Waals surface area contributed by atoms with Crippen LogP contribution in [0.4, 0.5) is 8.78 Å². The second-order valence-corrected chi connectivity index (χ2v) is 7.62. The minimum atomic E-state index is -0.439. The van der Waals surface area contributed by atoms with Gasteiger partial charge in [-0.2, -0.15) is 0 Å². The van der Waals surface area contributed by atoms with Crippen LogP contribution in [0.2, 0.25) is 5.02 Å². The fraction of sp³-hybridized carbons (Fsp3) is 0.417. The molecule has 1 heterocycles. The number of allylic oxidation sites excluding steroid dienone is 5. The molecule has 152 valence electrons. The van der Waals surface area contributed by atoms with Gasteiger partial charge >= 0.3 is 0 Å². The molecule has 0 aliphatic carbocycles. The van der Waals surface area contributed by atoms with Crippen LogP contribution in [-0.4, -0.2) is 4.98 Å². The predicted molar refractivity (Wildman–Crippen MR) is 117 cm³/mol. The molecule has 0 radical (unpaired) electrons. The van der Waals surface area contributed by atoms with E-state index in [0.717, 1.165) is 53.4 Å². The number of rotatable bonds is 9. The first-order valence-electron chi connectivity index (χ1n) is 10.1. The summed E-state index contributed by atoms with van der Waals surface area (Å²) in [4.78, 5) is 3.38. The number of unbranched alkanes of at least 4 members (excludes halogenated alkanes) is 1. The Balaban J connectivity index is 2.59. The minimum Gasteiger partial charge on any atom is -0.358 e. The van der Waals surface area contributed by atoms with Crippen molar-refractivity contribution < 1.29 is 8.78 Å². The van der Waals surface area contributed by atoms with E-state index >= 15 is 0 Å². The molecule has 0 saturated carbocycles. The first-order valence-corrected chi connectivity index (χ1v) is 10.5. The van der Waals surface area contributed by atoms with Gasteiger partial charge < -0.3 is 4.98 Å². The van der Waals surface area contributed by atoms with Crippen molar-refractivity contribution in [2.24, 2.45) is 0 Å². The fourth-order valence-electron chi connectivity index (χ4n) is 3.44. The van der Waals surface area contributed by atoms with E-state index in [-0.39, 0.29) is 16.8 Å². The van der Waals surface area contributed by atoms with Crippen LogP contribution >= 0.6 is 11.6 Å². The molecule has 1 unspecified atom stereocenters. The van der Waals surface area contributed by atoms with Crippen LogP contribution in [0, 0.1) is 5.82 Å². The molecule has 0 fully saturated rings. The number of nitrogens with one attached hydrogen (secondary N) is 1. The highest BCUT2D eigenvalue weighted by molar-refractivity contribution is 6.31. The quantitative estimate of drug-likeness (QED) is 0.402. The van der Waals surface area contributed by atoms with Crippen molar-refractivity contribution >= 4 is 22.5 Å². The van der Waals surface area contributed by atoms with Gasteiger partial charge in [-0.15, -0.1) is 0 Å². The van der Waals surface area contributed by atoms with Crippen LogP contribution in [-0.2, 0) is 6.42 Å². The average Bonchev–Trinajstić information content (AvgIpc) is 3.02. The molecule has 0 spiro atoms. The molecule has 2 rings (SSSR count). The van der Waals surface area contributed by atoms with Crippen molar-refractivity contribution in [1.82, 2.24) is 4.98 Å². The number of aromatic nitrogens is 1. The van der Waals surface area contributed by atoms with Gasteiger partial charge in [-0.1, -0.05) is 58.4 Å². The topological polar surface area (TPSA) is 15.8 Å². The van der Waals surface area contributed by atoms with Gasteiger partial charge in [0, 0.05) is 22.5 Å². The molecule has 0 bridgehead atoms. The van der Waals surface area contributed by atoms with Gasteiger partial charge in [0.15, 0.2) is 0 Å². The largest absolute Gasteiger partial charge is 0.358 e. The summed E-state index contributed by atoms with van der Waals surface area (Å²) in [7, 11) is 0. The van der Waals surface area contributed by atoms with Gasteiger partial charge in [0.25, 0.3) is 0 Å². The third kappa shape index (κ3) is 4.94. The Hall–Kier alpha value is -1.87. The first-order chi connectivity index (χ1) is 13.3. The van der Waals surface area contributed by atoms with Crippen LogP contribution in [0.1, 0.15) is 70.6 Å². The number of H-pyrrole nitrogens is 1. The summed E-state index contributed by atoms with van der Waals surface area (Å²) in [5.41, 5.74) is 4.25. The molecule has 2 aromatic rings. The van der Waals surface area contributed by atoms with Gasteiger partial charge in [-0.3, -0.25) is 0 Å². The Morgan fingerprint density at radius 2 is 2.00 bits per heavy atom. The average molecular weight is 406 g/mol. The summed E-state index contributed by atoms with van der Waals surface area (Å²) in [6, 6.07) is 3.14. The molecular formula is C24H30ClF2N. The maximum Gasteiger partial charge on any atom is 0.143 e. The maximum absolute atomic E-state index is 14.5. The summed E-state index contributed by atoms with van der Waals surface area (Å²) < 4.78 is 28.5. The smallest absolute Gasteiger partial charge is 0.143 e. The Morgan fingerprint density at radius 1 is 1.29 bits per heavy atom. The maximum atomic E-state index is 14.5. The summed E-state index contributed by atoms with van der Waals surface area (Å²) in [6.45, 7) is 11.9. The van der Waals surface area contributed by atoms with Crippen molar-refractivity contribution in [3.63, 3.8) is 0 Å². The zero-order chi connectivity index (χ0) is 20.8. The SMILES string of the molecule is C=C(CC)/C(F)=C\C(=C/CC)C(C)c1[nH]c2cc(F)c(Cl)cc2c1CCCC. The van der Waals surface area contributed by atoms with Gasteiger partial charge in [0.1, 0.15) is 11.6 Å². The molecule has 1 aromatic carbocycles. The van der Waals surface area contributed by atoms with Crippen LogP contribution in [0.15, 0.2) is 47.8 Å². The van der Waals surface area contributed by atoms with Crippen molar-refractivity contribution in [3.05, 3.63) is 69.9 Å². The van der Waals surface area contributed by atoms with Gasteiger partial charge in [0.05, 0.1) is 5.02 Å². The number of benzene rings is 1. The third-order valence-corrected chi connectivity index (χ3v) is 5.48. The standard InChI is InChI=1S/C24H30ClF2N/c1-6-9-11-18-19-13-20(25)22(27)14-23(19)28-24(18)16(5)17(10-7-2)12-21(26)15(4)8-3/h10,12-14,16,28H,4,6-9,11H2,1-3,5H3/b17-10+,21-12+. The lowest BCUT2D eigenvalue weighted by Crippen LogP contribution is -2.02. The van der Waals surface area contributed by atoms with E-state index in [2.05, 4.69) is 25.4 Å². The van der Waals surface area contributed by atoms with Crippen LogP contribution in [0.25, 0.3) is 10.9 Å². The van der Waals surface area contributed by atoms with Crippen molar-refractivity contribution in [2.45, 2.75) is 65.7 Å². The van der Waals surface area contributed by atoms with Gasteiger partial charge in [-0.25, -0.2) is 8.78 Å². The van der Waals surface area contributed by atoms with Gasteiger partial charge in [0.2, 0.25) is 0 Å². The predicted octanol–water partition coefficient (Wildman–Crippen LogP) is 8.56. The van der Waals surface area contributed by atoms with Crippen LogP contribution < -0.4 is 0 Å². The van der Waals surface area contributed by atoms with Crippen molar-refractivity contribution in [1.29, 1.82) is 0 Å². The molecular weight excluding hydrogens is 376 g/mol. The van der Waals surface area contributed by atoms with E-state index in [1.165, 1.54) is 6.07 Å². The monoisotopic (exact) mass is 405 g/mol. The molecule has 0 aliphatic rings. The number of hydrogen-bond acceptors (Lipinski definition) is 0. The van der Waals surface area contributed by atoms with E-state index < -0.39 is 5.82 Å². The Kier molecular flexibility index (Phi) is 8.06.